The first-order chi connectivity index (χ1) is 10.7. The van der Waals surface area contributed by atoms with Crippen molar-refractivity contribution in [3.8, 4) is 0 Å². The van der Waals surface area contributed by atoms with Gasteiger partial charge >= 0.3 is 0 Å². The van der Waals surface area contributed by atoms with Crippen LogP contribution < -0.4 is 0 Å². The van der Waals surface area contributed by atoms with Crippen LogP contribution in [0.1, 0.15) is 61.8 Å². The molecule has 6 nitrogen and oxygen atoms in total. The lowest BCUT2D eigenvalue weighted by Crippen LogP contribution is -2.35. The van der Waals surface area contributed by atoms with Crippen molar-refractivity contribution in [2.75, 3.05) is 6.54 Å². The summed E-state index contributed by atoms with van der Waals surface area (Å²) in [4.78, 5) is 7.11. The molecule has 22 heavy (non-hydrogen) atoms. The SMILES string of the molecule is Cc1cnn(CC2CCCN2C(C)c2nc(C3CC3)no2)c1. The summed E-state index contributed by atoms with van der Waals surface area (Å²) in [7, 11) is 0. The molecule has 0 bridgehead atoms. The van der Waals surface area contributed by atoms with Crippen molar-refractivity contribution in [2.45, 2.75) is 64.1 Å². The molecule has 6 heteroatoms. The van der Waals surface area contributed by atoms with Crippen LogP contribution in [0.15, 0.2) is 16.9 Å². The van der Waals surface area contributed by atoms with Crippen molar-refractivity contribution < 1.29 is 4.52 Å². The van der Waals surface area contributed by atoms with Crippen molar-refractivity contribution >= 4 is 0 Å². The third-order valence-electron chi connectivity index (χ3n) is 4.84. The Morgan fingerprint density at radius 3 is 2.95 bits per heavy atom. The van der Waals surface area contributed by atoms with Crippen LogP contribution in [0.2, 0.25) is 0 Å². The number of hydrogen-bond acceptors (Lipinski definition) is 5. The summed E-state index contributed by atoms with van der Waals surface area (Å²) in [6.45, 7) is 6.28. The number of rotatable bonds is 5. The second-order valence-electron chi connectivity index (χ2n) is 6.71. The maximum atomic E-state index is 5.52. The van der Waals surface area contributed by atoms with Gasteiger partial charge in [-0.3, -0.25) is 9.58 Å². The molecular weight excluding hydrogens is 278 g/mol. The zero-order valence-corrected chi connectivity index (χ0v) is 13.3. The van der Waals surface area contributed by atoms with Crippen molar-refractivity contribution in [1.29, 1.82) is 0 Å². The molecule has 2 atom stereocenters. The predicted octanol–water partition coefficient (Wildman–Crippen LogP) is 2.68. The molecule has 0 spiro atoms. The van der Waals surface area contributed by atoms with Crippen LogP contribution in [0, 0.1) is 6.92 Å². The molecule has 0 amide bonds. The normalized spacial score (nSPS) is 24.0. The highest BCUT2D eigenvalue weighted by molar-refractivity contribution is 5.05. The summed E-state index contributed by atoms with van der Waals surface area (Å²) in [5, 5.41) is 8.57. The average molecular weight is 301 g/mol. The van der Waals surface area contributed by atoms with Gasteiger partial charge in [0.05, 0.1) is 18.8 Å². The van der Waals surface area contributed by atoms with Gasteiger partial charge in [0.2, 0.25) is 5.89 Å². The molecule has 0 radical (unpaired) electrons. The number of aryl methyl sites for hydroxylation is 1. The Morgan fingerprint density at radius 2 is 2.23 bits per heavy atom. The molecule has 2 aromatic rings. The van der Waals surface area contributed by atoms with Crippen molar-refractivity contribution in [2.24, 2.45) is 0 Å². The van der Waals surface area contributed by atoms with E-state index in [2.05, 4.69) is 44.9 Å². The minimum Gasteiger partial charge on any atom is -0.338 e. The first kappa shape index (κ1) is 13.9. The van der Waals surface area contributed by atoms with Crippen LogP contribution in [0.5, 0.6) is 0 Å². The van der Waals surface area contributed by atoms with Crippen LogP contribution in [-0.4, -0.2) is 37.4 Å². The zero-order valence-electron chi connectivity index (χ0n) is 13.3. The van der Waals surface area contributed by atoms with E-state index in [-0.39, 0.29) is 6.04 Å². The van der Waals surface area contributed by atoms with E-state index in [4.69, 9.17) is 4.52 Å². The van der Waals surface area contributed by atoms with Gasteiger partial charge in [0.15, 0.2) is 5.82 Å². The number of aromatic nitrogens is 4. The second kappa shape index (κ2) is 5.50. The Kier molecular flexibility index (Phi) is 3.48. The van der Waals surface area contributed by atoms with Gasteiger partial charge in [-0.1, -0.05) is 5.16 Å². The number of likely N-dealkylation sites (tertiary alicyclic amines) is 1. The molecule has 2 unspecified atom stereocenters. The van der Waals surface area contributed by atoms with Crippen LogP contribution in [0.4, 0.5) is 0 Å². The molecule has 2 aromatic heterocycles. The van der Waals surface area contributed by atoms with E-state index in [0.29, 0.717) is 12.0 Å². The zero-order chi connectivity index (χ0) is 15.1. The lowest BCUT2D eigenvalue weighted by molar-refractivity contribution is 0.144. The monoisotopic (exact) mass is 301 g/mol. The molecule has 1 saturated heterocycles. The predicted molar refractivity (Wildman–Crippen MR) is 81.4 cm³/mol. The van der Waals surface area contributed by atoms with Crippen LogP contribution >= 0.6 is 0 Å². The van der Waals surface area contributed by atoms with E-state index in [1.54, 1.807) is 0 Å². The van der Waals surface area contributed by atoms with Gasteiger partial charge in [0.25, 0.3) is 0 Å². The highest BCUT2D eigenvalue weighted by atomic mass is 16.5. The summed E-state index contributed by atoms with van der Waals surface area (Å²) >= 11 is 0. The highest BCUT2D eigenvalue weighted by Gasteiger charge is 2.34. The molecule has 118 valence electrons. The molecule has 2 aliphatic rings. The fraction of sp³-hybridized carbons (Fsp3) is 0.688. The summed E-state index contributed by atoms with van der Waals surface area (Å²) in [6.07, 6.45) is 8.87. The first-order valence-corrected chi connectivity index (χ1v) is 8.29. The maximum absolute atomic E-state index is 5.52. The van der Waals surface area contributed by atoms with Crippen molar-refractivity contribution in [3.05, 3.63) is 29.7 Å². The summed E-state index contributed by atoms with van der Waals surface area (Å²) in [5.74, 6) is 2.22. The fourth-order valence-corrected chi connectivity index (χ4v) is 3.41. The minimum absolute atomic E-state index is 0.184. The molecule has 3 heterocycles. The van der Waals surface area contributed by atoms with E-state index >= 15 is 0 Å². The molecule has 1 aliphatic heterocycles. The Labute approximate surface area is 130 Å². The molecule has 0 aromatic carbocycles. The molecular formula is C16H23N5O. The summed E-state index contributed by atoms with van der Waals surface area (Å²) in [6, 6.07) is 0.676. The van der Waals surface area contributed by atoms with E-state index < -0.39 is 0 Å². The Hall–Kier alpha value is -1.69. The van der Waals surface area contributed by atoms with Gasteiger partial charge in [-0.15, -0.1) is 0 Å². The number of nitrogens with zero attached hydrogens (tertiary/aromatic N) is 5. The fourth-order valence-electron chi connectivity index (χ4n) is 3.41. The van der Waals surface area contributed by atoms with Gasteiger partial charge in [-0.05, 0) is 51.6 Å². The minimum atomic E-state index is 0.184. The third kappa shape index (κ3) is 2.67. The van der Waals surface area contributed by atoms with Gasteiger partial charge in [-0.2, -0.15) is 10.1 Å². The summed E-state index contributed by atoms with van der Waals surface area (Å²) in [5.41, 5.74) is 1.21. The quantitative estimate of drug-likeness (QED) is 0.849. The van der Waals surface area contributed by atoms with Crippen molar-refractivity contribution in [3.63, 3.8) is 0 Å². The summed E-state index contributed by atoms with van der Waals surface area (Å²) < 4.78 is 7.57. The standard InChI is InChI=1S/C16H23N5O/c1-11-8-17-20(9-11)10-14-4-3-7-21(14)12(2)16-18-15(19-22-16)13-5-6-13/h8-9,12-14H,3-7,10H2,1-2H3. The van der Waals surface area contributed by atoms with E-state index in [0.717, 1.165) is 24.8 Å². The van der Waals surface area contributed by atoms with Gasteiger partial charge in [0, 0.05) is 18.2 Å². The largest absolute Gasteiger partial charge is 0.338 e. The second-order valence-corrected chi connectivity index (χ2v) is 6.71. The Balaban J connectivity index is 1.46. The molecule has 1 aliphatic carbocycles. The van der Waals surface area contributed by atoms with E-state index in [1.807, 2.05) is 6.20 Å². The molecule has 4 rings (SSSR count). The third-order valence-corrected chi connectivity index (χ3v) is 4.84. The Morgan fingerprint density at radius 1 is 1.36 bits per heavy atom. The maximum Gasteiger partial charge on any atom is 0.243 e. The first-order valence-electron chi connectivity index (χ1n) is 8.29. The highest BCUT2D eigenvalue weighted by Crippen LogP contribution is 2.39. The Bertz CT molecular complexity index is 645. The van der Waals surface area contributed by atoms with E-state index in [1.165, 1.54) is 31.2 Å². The van der Waals surface area contributed by atoms with E-state index in [9.17, 15) is 0 Å². The van der Waals surface area contributed by atoms with Crippen molar-refractivity contribution in [1.82, 2.24) is 24.8 Å². The average Bonchev–Trinajstić information content (AvgIpc) is 2.92. The number of hydrogen-bond donors (Lipinski definition) is 0. The molecule has 2 fully saturated rings. The van der Waals surface area contributed by atoms with Gasteiger partial charge < -0.3 is 4.52 Å². The lowest BCUT2D eigenvalue weighted by atomic mass is 10.2. The molecule has 1 saturated carbocycles. The van der Waals surface area contributed by atoms with Gasteiger partial charge in [0.1, 0.15) is 0 Å². The molecule has 0 N–H and O–H groups in total. The van der Waals surface area contributed by atoms with Crippen LogP contribution in [0.25, 0.3) is 0 Å². The smallest absolute Gasteiger partial charge is 0.243 e. The topological polar surface area (TPSA) is 60.0 Å². The van der Waals surface area contributed by atoms with Crippen LogP contribution in [-0.2, 0) is 6.54 Å². The van der Waals surface area contributed by atoms with Crippen LogP contribution in [0.3, 0.4) is 0 Å². The lowest BCUT2D eigenvalue weighted by Gasteiger charge is -2.28. The van der Waals surface area contributed by atoms with Gasteiger partial charge in [-0.25, -0.2) is 0 Å².